The lowest BCUT2D eigenvalue weighted by Gasteiger charge is -2.41. The van der Waals surface area contributed by atoms with E-state index in [0.29, 0.717) is 17.0 Å². The summed E-state index contributed by atoms with van der Waals surface area (Å²) in [7, 11) is 1.55. The van der Waals surface area contributed by atoms with Gasteiger partial charge in [-0.15, -0.1) is 0 Å². The lowest BCUT2D eigenvalue weighted by Crippen LogP contribution is -2.46. The number of anilines is 1. The van der Waals surface area contributed by atoms with Crippen molar-refractivity contribution in [3.05, 3.63) is 59.8 Å². The molecule has 0 atom stereocenters. The van der Waals surface area contributed by atoms with Crippen LogP contribution in [-0.4, -0.2) is 46.1 Å². The van der Waals surface area contributed by atoms with E-state index in [1.54, 1.807) is 14.2 Å². The number of nitrogens with zero attached hydrogens (tertiary/aromatic N) is 2. The third-order valence-electron chi connectivity index (χ3n) is 10.8. The van der Waals surface area contributed by atoms with E-state index in [1.165, 1.54) is 22.5 Å². The molecule has 3 aromatic rings. The van der Waals surface area contributed by atoms with E-state index in [9.17, 15) is 4.79 Å². The van der Waals surface area contributed by atoms with E-state index in [-0.39, 0.29) is 23.0 Å². The normalized spacial score (nSPS) is 22.3. The molecule has 2 aliphatic carbocycles. The van der Waals surface area contributed by atoms with Gasteiger partial charge in [0.25, 0.3) is 5.19 Å². The SMILES string of the molecule is COc1ncc(-c2cccc(N(CC3CCC(c4ccc(OC)c(C)c4)CC3)C(=O)C3CCC(O[Si](C)(C)C(C)(C)C)CC3)c2)s1. The molecular weight excluding hydrogens is 609 g/mol. The third-order valence-corrected chi connectivity index (χ3v) is 16.4. The zero-order valence-corrected chi connectivity index (χ0v) is 31.0. The Morgan fingerprint density at radius 1 is 0.957 bits per heavy atom. The van der Waals surface area contributed by atoms with Crippen LogP contribution in [0.25, 0.3) is 10.4 Å². The van der Waals surface area contributed by atoms with Gasteiger partial charge in [0.05, 0.1) is 19.1 Å². The Hall–Kier alpha value is -2.68. The highest BCUT2D eigenvalue weighted by molar-refractivity contribution is 7.16. The Labute approximate surface area is 282 Å². The first kappa shape index (κ1) is 34.6. The number of rotatable bonds is 10. The van der Waals surface area contributed by atoms with Crippen LogP contribution in [0.4, 0.5) is 5.69 Å². The van der Waals surface area contributed by atoms with Gasteiger partial charge in [0, 0.05) is 30.5 Å². The number of hydrogen-bond donors (Lipinski definition) is 0. The maximum Gasteiger partial charge on any atom is 0.273 e. The molecule has 0 spiro atoms. The summed E-state index contributed by atoms with van der Waals surface area (Å²) < 4.78 is 17.6. The van der Waals surface area contributed by atoms with Crippen LogP contribution in [0.15, 0.2) is 48.7 Å². The van der Waals surface area contributed by atoms with Gasteiger partial charge in [0.2, 0.25) is 5.91 Å². The number of aromatic nitrogens is 1. The molecule has 2 aliphatic rings. The van der Waals surface area contributed by atoms with Crippen molar-refractivity contribution in [2.45, 2.75) is 109 Å². The van der Waals surface area contributed by atoms with Crippen molar-refractivity contribution in [2.75, 3.05) is 25.7 Å². The molecule has 1 aromatic heterocycles. The second kappa shape index (κ2) is 14.6. The maximum atomic E-state index is 14.5. The minimum absolute atomic E-state index is 0.0324. The molecular formula is C38H54N2O4SSi. The Balaban J connectivity index is 1.31. The number of amides is 1. The lowest BCUT2D eigenvalue weighted by atomic mass is 9.78. The Morgan fingerprint density at radius 2 is 1.67 bits per heavy atom. The highest BCUT2D eigenvalue weighted by Crippen LogP contribution is 2.42. The molecule has 5 rings (SSSR count). The number of aryl methyl sites for hydroxylation is 1. The highest BCUT2D eigenvalue weighted by atomic mass is 32.1. The molecule has 0 unspecified atom stereocenters. The molecule has 0 bridgehead atoms. The van der Waals surface area contributed by atoms with Gasteiger partial charge in [0.15, 0.2) is 8.32 Å². The summed E-state index contributed by atoms with van der Waals surface area (Å²) in [4.78, 5) is 22.0. The van der Waals surface area contributed by atoms with Crippen LogP contribution in [0.1, 0.15) is 89.2 Å². The summed E-state index contributed by atoms with van der Waals surface area (Å²) in [5, 5.41) is 0.836. The zero-order chi connectivity index (χ0) is 33.1. The summed E-state index contributed by atoms with van der Waals surface area (Å²) in [6, 6.07) is 15.1. The van der Waals surface area contributed by atoms with E-state index in [1.807, 2.05) is 6.20 Å². The monoisotopic (exact) mass is 662 g/mol. The summed E-state index contributed by atoms with van der Waals surface area (Å²) in [5.74, 6) is 2.30. The predicted octanol–water partition coefficient (Wildman–Crippen LogP) is 10.0. The summed E-state index contributed by atoms with van der Waals surface area (Å²) >= 11 is 1.53. The van der Waals surface area contributed by atoms with E-state index in [2.05, 4.69) is 93.1 Å². The second-order valence-corrected chi connectivity index (χ2v) is 20.7. The van der Waals surface area contributed by atoms with Crippen molar-refractivity contribution in [3.8, 4) is 21.4 Å². The van der Waals surface area contributed by atoms with Crippen molar-refractivity contribution >= 4 is 31.2 Å². The van der Waals surface area contributed by atoms with Crippen LogP contribution in [0.3, 0.4) is 0 Å². The molecule has 0 aliphatic heterocycles. The quantitative estimate of drug-likeness (QED) is 0.202. The largest absolute Gasteiger partial charge is 0.496 e. The first-order valence-corrected chi connectivity index (χ1v) is 20.8. The standard InChI is InChI=1S/C38H54N2O4SSi/c1-26-22-30(18-21-34(26)42-5)28-14-12-27(13-15-28)25-40(32-11-9-10-31(23-32)35-24-39-37(43-6)45-35)36(41)29-16-19-33(20-17-29)44-46(7,8)38(2,3)4/h9-11,18,21-24,27-29,33H,12-17,19-20,25H2,1-8H3. The van der Waals surface area contributed by atoms with E-state index < -0.39 is 8.32 Å². The zero-order valence-electron chi connectivity index (χ0n) is 29.2. The predicted molar refractivity (Wildman–Crippen MR) is 193 cm³/mol. The van der Waals surface area contributed by atoms with Gasteiger partial charge < -0.3 is 18.8 Å². The van der Waals surface area contributed by atoms with Crippen molar-refractivity contribution in [2.24, 2.45) is 11.8 Å². The van der Waals surface area contributed by atoms with Gasteiger partial charge in [0.1, 0.15) is 5.75 Å². The topological polar surface area (TPSA) is 60.9 Å². The number of hydrogen-bond acceptors (Lipinski definition) is 6. The van der Waals surface area contributed by atoms with E-state index in [0.717, 1.165) is 79.8 Å². The van der Waals surface area contributed by atoms with Gasteiger partial charge >= 0.3 is 0 Å². The van der Waals surface area contributed by atoms with Crippen molar-refractivity contribution in [1.82, 2.24) is 4.98 Å². The molecule has 2 aromatic carbocycles. The van der Waals surface area contributed by atoms with Gasteiger partial charge in [-0.25, -0.2) is 4.98 Å². The molecule has 0 radical (unpaired) electrons. The fourth-order valence-corrected chi connectivity index (χ4v) is 9.12. The summed E-state index contributed by atoms with van der Waals surface area (Å²) in [6.45, 7) is 14.5. The van der Waals surface area contributed by atoms with Gasteiger partial charge in [-0.2, -0.15) is 0 Å². The Morgan fingerprint density at radius 3 is 2.28 bits per heavy atom. The summed E-state index contributed by atoms with van der Waals surface area (Å²) in [5.41, 5.74) is 4.67. The molecule has 0 N–H and O–H groups in total. The number of benzene rings is 2. The molecule has 0 saturated heterocycles. The second-order valence-electron chi connectivity index (χ2n) is 15.0. The van der Waals surface area contributed by atoms with Gasteiger partial charge in [-0.05, 0) is 123 Å². The highest BCUT2D eigenvalue weighted by Gasteiger charge is 2.41. The molecule has 1 heterocycles. The van der Waals surface area contributed by atoms with Crippen LogP contribution >= 0.6 is 11.3 Å². The first-order chi connectivity index (χ1) is 21.9. The number of carbonyl (C=O) groups is 1. The third kappa shape index (κ3) is 8.05. The fourth-order valence-electron chi connectivity index (χ4n) is 6.97. The average molecular weight is 663 g/mol. The first-order valence-electron chi connectivity index (χ1n) is 17.1. The smallest absolute Gasteiger partial charge is 0.273 e. The van der Waals surface area contributed by atoms with Crippen LogP contribution in [-0.2, 0) is 9.22 Å². The Kier molecular flexibility index (Phi) is 11.0. The number of carbonyl (C=O) groups excluding carboxylic acids is 1. The number of thiazole rings is 1. The number of methoxy groups -OCH3 is 2. The minimum atomic E-state index is -1.84. The molecule has 2 fully saturated rings. The van der Waals surface area contributed by atoms with Crippen molar-refractivity contribution in [1.29, 1.82) is 0 Å². The fraction of sp³-hybridized carbons (Fsp3) is 0.579. The molecule has 2 saturated carbocycles. The lowest BCUT2D eigenvalue weighted by molar-refractivity contribution is -0.124. The van der Waals surface area contributed by atoms with Crippen LogP contribution in [0, 0.1) is 18.8 Å². The Bertz CT molecular complexity index is 1470. The minimum Gasteiger partial charge on any atom is -0.496 e. The molecule has 250 valence electrons. The van der Waals surface area contributed by atoms with Crippen LogP contribution in [0.5, 0.6) is 10.9 Å². The number of ether oxygens (including phenoxy) is 2. The molecule has 8 heteroatoms. The summed E-state index contributed by atoms with van der Waals surface area (Å²) in [6.07, 6.45) is 10.4. The van der Waals surface area contributed by atoms with Crippen molar-refractivity contribution in [3.63, 3.8) is 0 Å². The van der Waals surface area contributed by atoms with Crippen molar-refractivity contribution < 1.29 is 18.7 Å². The van der Waals surface area contributed by atoms with Gasteiger partial charge in [-0.1, -0.05) is 56.4 Å². The van der Waals surface area contributed by atoms with Crippen LogP contribution < -0.4 is 14.4 Å². The molecule has 46 heavy (non-hydrogen) atoms. The average Bonchev–Trinajstić information content (AvgIpc) is 3.53. The van der Waals surface area contributed by atoms with Gasteiger partial charge in [-0.3, -0.25) is 4.79 Å². The van der Waals surface area contributed by atoms with E-state index >= 15 is 0 Å². The van der Waals surface area contributed by atoms with E-state index in [4.69, 9.17) is 13.9 Å². The van der Waals surface area contributed by atoms with Crippen LogP contribution in [0.2, 0.25) is 18.1 Å². The molecule has 6 nitrogen and oxygen atoms in total. The molecule has 1 amide bonds. The maximum absolute atomic E-state index is 14.5.